The van der Waals surface area contributed by atoms with Crippen molar-refractivity contribution in [3.05, 3.63) is 64.4 Å². The van der Waals surface area contributed by atoms with Crippen molar-refractivity contribution in [3.63, 3.8) is 0 Å². The molecular formula is C24H28ClF4N3O4S. The number of carbonyl (C=O) groups is 2. The van der Waals surface area contributed by atoms with Crippen LogP contribution < -0.4 is 9.62 Å². The Labute approximate surface area is 218 Å². The zero-order valence-corrected chi connectivity index (χ0v) is 22.4. The van der Waals surface area contributed by atoms with Gasteiger partial charge < -0.3 is 10.2 Å². The summed E-state index contributed by atoms with van der Waals surface area (Å²) in [7, 11) is -4.30. The van der Waals surface area contributed by atoms with Gasteiger partial charge in [0.1, 0.15) is 18.4 Å². The number of alkyl halides is 3. The first kappa shape index (κ1) is 30.4. The molecule has 2 rings (SSSR count). The molecule has 2 amide bonds. The second-order valence-electron chi connectivity index (χ2n) is 9.50. The van der Waals surface area contributed by atoms with E-state index in [1.807, 2.05) is 0 Å². The largest absolute Gasteiger partial charge is 0.416 e. The van der Waals surface area contributed by atoms with Crippen LogP contribution in [0.4, 0.5) is 23.2 Å². The quantitative estimate of drug-likeness (QED) is 0.474. The van der Waals surface area contributed by atoms with Gasteiger partial charge >= 0.3 is 6.18 Å². The van der Waals surface area contributed by atoms with Crippen molar-refractivity contribution < 1.29 is 35.6 Å². The van der Waals surface area contributed by atoms with E-state index in [0.717, 1.165) is 29.4 Å². The molecule has 37 heavy (non-hydrogen) atoms. The maximum atomic E-state index is 13.5. The Morgan fingerprint density at radius 1 is 1.05 bits per heavy atom. The van der Waals surface area contributed by atoms with E-state index < -0.39 is 63.2 Å². The van der Waals surface area contributed by atoms with Crippen LogP contribution in [0.5, 0.6) is 0 Å². The molecule has 0 unspecified atom stereocenters. The van der Waals surface area contributed by atoms with Crippen LogP contribution in [-0.2, 0) is 32.3 Å². The predicted octanol–water partition coefficient (Wildman–Crippen LogP) is 4.60. The zero-order chi connectivity index (χ0) is 28.3. The van der Waals surface area contributed by atoms with E-state index >= 15 is 0 Å². The van der Waals surface area contributed by atoms with Gasteiger partial charge in [0, 0.05) is 12.1 Å². The molecule has 7 nitrogen and oxygen atoms in total. The van der Waals surface area contributed by atoms with Crippen molar-refractivity contribution in [2.75, 3.05) is 17.1 Å². The van der Waals surface area contributed by atoms with Gasteiger partial charge in [-0.3, -0.25) is 13.9 Å². The Morgan fingerprint density at radius 3 is 2.11 bits per heavy atom. The highest BCUT2D eigenvalue weighted by atomic mass is 35.5. The van der Waals surface area contributed by atoms with Crippen LogP contribution in [0.15, 0.2) is 42.5 Å². The van der Waals surface area contributed by atoms with Crippen molar-refractivity contribution in [1.29, 1.82) is 0 Å². The molecule has 0 saturated heterocycles. The summed E-state index contributed by atoms with van der Waals surface area (Å²) in [6.45, 7) is 5.46. The topological polar surface area (TPSA) is 86.8 Å². The van der Waals surface area contributed by atoms with E-state index in [1.54, 1.807) is 20.8 Å². The number of carbonyl (C=O) groups excluding carboxylic acids is 2. The first-order valence-corrected chi connectivity index (χ1v) is 13.2. The molecular weight excluding hydrogens is 538 g/mol. The number of nitrogens with zero attached hydrogens (tertiary/aromatic N) is 2. The van der Waals surface area contributed by atoms with Crippen molar-refractivity contribution in [1.82, 2.24) is 10.2 Å². The van der Waals surface area contributed by atoms with Gasteiger partial charge in [0.25, 0.3) is 0 Å². The molecule has 2 aromatic carbocycles. The number of halogens is 5. The molecule has 0 fully saturated rings. The lowest BCUT2D eigenvalue weighted by Crippen LogP contribution is -2.54. The predicted molar refractivity (Wildman–Crippen MR) is 133 cm³/mol. The third-order valence-corrected chi connectivity index (χ3v) is 6.60. The van der Waals surface area contributed by atoms with Crippen LogP contribution in [0.25, 0.3) is 0 Å². The standard InChI is InChI=1S/C24H28ClF4N3O4S/c1-15(22(34)30-23(2,3)4)31(13-16-6-9-18(26)10-7-16)21(33)14-32(37(5,35)36)20-12-17(24(27,28)29)8-11-19(20)25/h6-12,15H,13-14H2,1-5H3,(H,30,34)/t15-/m0/s1. The van der Waals surface area contributed by atoms with Crippen molar-refractivity contribution >= 4 is 39.1 Å². The maximum Gasteiger partial charge on any atom is 0.416 e. The number of amides is 2. The summed E-state index contributed by atoms with van der Waals surface area (Å²) in [5, 5.41) is 2.40. The summed E-state index contributed by atoms with van der Waals surface area (Å²) < 4.78 is 78.9. The Kier molecular flexibility index (Phi) is 9.24. The number of hydrogen-bond donors (Lipinski definition) is 1. The van der Waals surface area contributed by atoms with E-state index in [1.165, 1.54) is 19.1 Å². The SMILES string of the molecule is C[C@@H](C(=O)NC(C)(C)C)N(Cc1ccc(F)cc1)C(=O)CN(c1cc(C(F)(F)F)ccc1Cl)S(C)(=O)=O. The minimum absolute atomic E-state index is 0.203. The van der Waals surface area contributed by atoms with Gasteiger partial charge in [-0.25, -0.2) is 12.8 Å². The summed E-state index contributed by atoms with van der Waals surface area (Å²) in [4.78, 5) is 27.4. The van der Waals surface area contributed by atoms with Gasteiger partial charge in [0.2, 0.25) is 21.8 Å². The Morgan fingerprint density at radius 2 is 1.62 bits per heavy atom. The summed E-state index contributed by atoms with van der Waals surface area (Å²) in [5.74, 6) is -1.96. The Bertz CT molecular complexity index is 1250. The number of anilines is 1. The number of sulfonamides is 1. The molecule has 0 spiro atoms. The molecule has 0 aromatic heterocycles. The molecule has 0 bridgehead atoms. The van der Waals surface area contributed by atoms with Crippen molar-refractivity contribution in [3.8, 4) is 0 Å². The smallest absolute Gasteiger partial charge is 0.350 e. The fourth-order valence-corrected chi connectivity index (χ4v) is 4.44. The third-order valence-electron chi connectivity index (χ3n) is 5.15. The lowest BCUT2D eigenvalue weighted by Gasteiger charge is -2.33. The van der Waals surface area contributed by atoms with E-state index in [4.69, 9.17) is 11.6 Å². The first-order valence-electron chi connectivity index (χ1n) is 11.0. The molecule has 204 valence electrons. The highest BCUT2D eigenvalue weighted by Crippen LogP contribution is 2.36. The Balaban J connectivity index is 2.51. The van der Waals surface area contributed by atoms with E-state index in [2.05, 4.69) is 5.32 Å². The molecule has 1 atom stereocenters. The minimum Gasteiger partial charge on any atom is -0.350 e. The van der Waals surface area contributed by atoms with Crippen LogP contribution in [0.3, 0.4) is 0 Å². The highest BCUT2D eigenvalue weighted by Gasteiger charge is 2.35. The summed E-state index contributed by atoms with van der Waals surface area (Å²) >= 11 is 6.04. The lowest BCUT2D eigenvalue weighted by atomic mass is 10.1. The summed E-state index contributed by atoms with van der Waals surface area (Å²) in [6.07, 6.45) is -4.07. The second kappa shape index (κ2) is 11.3. The van der Waals surface area contributed by atoms with E-state index in [9.17, 15) is 35.6 Å². The van der Waals surface area contributed by atoms with Crippen molar-refractivity contribution in [2.45, 2.75) is 52.0 Å². The number of rotatable bonds is 8. The van der Waals surface area contributed by atoms with Gasteiger partial charge in [-0.15, -0.1) is 0 Å². The van der Waals surface area contributed by atoms with Gasteiger partial charge in [0.15, 0.2) is 0 Å². The summed E-state index contributed by atoms with van der Waals surface area (Å²) in [6, 6.07) is 6.09. The monoisotopic (exact) mass is 565 g/mol. The fourth-order valence-electron chi connectivity index (χ4n) is 3.32. The highest BCUT2D eigenvalue weighted by molar-refractivity contribution is 7.92. The van der Waals surface area contributed by atoms with Crippen LogP contribution in [-0.4, -0.2) is 49.5 Å². The molecule has 0 aliphatic carbocycles. The molecule has 0 aliphatic rings. The minimum atomic E-state index is -4.79. The van der Waals surface area contributed by atoms with Crippen LogP contribution in [0, 0.1) is 5.82 Å². The Hall–Kier alpha value is -2.86. The molecule has 0 aliphatic heterocycles. The second-order valence-corrected chi connectivity index (χ2v) is 11.8. The van der Waals surface area contributed by atoms with E-state index in [-0.39, 0.29) is 11.6 Å². The van der Waals surface area contributed by atoms with Gasteiger partial charge in [-0.2, -0.15) is 13.2 Å². The van der Waals surface area contributed by atoms with Gasteiger partial charge in [-0.05, 0) is 63.6 Å². The van der Waals surface area contributed by atoms with Gasteiger partial charge in [0.05, 0.1) is 22.5 Å². The van der Waals surface area contributed by atoms with Crippen LogP contribution >= 0.6 is 11.6 Å². The fraction of sp³-hybridized carbons (Fsp3) is 0.417. The maximum absolute atomic E-state index is 13.5. The number of benzene rings is 2. The molecule has 0 saturated carbocycles. The molecule has 13 heteroatoms. The average molecular weight is 566 g/mol. The third kappa shape index (κ3) is 8.60. The summed E-state index contributed by atoms with van der Waals surface area (Å²) in [5.41, 5.74) is -1.91. The van der Waals surface area contributed by atoms with Crippen LogP contribution in [0.1, 0.15) is 38.8 Å². The number of nitrogens with one attached hydrogen (secondary N) is 1. The lowest BCUT2D eigenvalue weighted by molar-refractivity contribution is -0.140. The molecule has 0 radical (unpaired) electrons. The van der Waals surface area contributed by atoms with Crippen molar-refractivity contribution in [2.24, 2.45) is 0 Å². The van der Waals surface area contributed by atoms with E-state index in [0.29, 0.717) is 22.0 Å². The molecule has 0 heterocycles. The molecule has 2 aromatic rings. The first-order chi connectivity index (χ1) is 16.8. The molecule has 1 N–H and O–H groups in total. The zero-order valence-electron chi connectivity index (χ0n) is 20.9. The van der Waals surface area contributed by atoms with Gasteiger partial charge in [-0.1, -0.05) is 23.7 Å². The van der Waals surface area contributed by atoms with Crippen LogP contribution in [0.2, 0.25) is 5.02 Å². The average Bonchev–Trinajstić information content (AvgIpc) is 2.74. The number of hydrogen-bond acceptors (Lipinski definition) is 4. The normalized spacial score (nSPS) is 13.1.